The molecule has 0 saturated carbocycles. The van der Waals surface area contributed by atoms with Gasteiger partial charge in [-0.05, 0) is 36.8 Å². The number of benzene rings is 1. The summed E-state index contributed by atoms with van der Waals surface area (Å²) >= 11 is 0. The van der Waals surface area contributed by atoms with Crippen molar-refractivity contribution in [2.45, 2.75) is 13.3 Å². The number of rotatable bonds is 2. The molecule has 4 rings (SSSR count). The molecule has 3 aromatic rings. The van der Waals surface area contributed by atoms with Gasteiger partial charge in [0, 0.05) is 11.8 Å². The molecule has 1 aromatic carbocycles. The Balaban J connectivity index is 1.91. The molecule has 3 heterocycles. The Morgan fingerprint density at radius 2 is 2.00 bits per heavy atom. The summed E-state index contributed by atoms with van der Waals surface area (Å²) in [7, 11) is 0. The Morgan fingerprint density at radius 1 is 1.17 bits per heavy atom. The highest BCUT2D eigenvalue weighted by Crippen LogP contribution is 2.35. The largest absolute Gasteiger partial charge is 0.486 e. The van der Waals surface area contributed by atoms with E-state index in [1.54, 1.807) is 0 Å². The second-order valence-electron chi connectivity index (χ2n) is 5.54. The minimum Gasteiger partial charge on any atom is -0.486 e. The lowest BCUT2D eigenvalue weighted by atomic mass is 10.1. The first-order valence-electron chi connectivity index (χ1n) is 7.51. The first-order chi connectivity index (χ1) is 11.3. The summed E-state index contributed by atoms with van der Waals surface area (Å²) in [5.74, 6) is 1.48. The van der Waals surface area contributed by atoms with E-state index in [0.29, 0.717) is 19.6 Å². The van der Waals surface area contributed by atoms with Crippen LogP contribution < -0.4 is 9.47 Å². The number of aromatic nitrogens is 2. The number of imidazole rings is 1. The summed E-state index contributed by atoms with van der Waals surface area (Å²) in [6, 6.07) is 12.0. The Kier molecular flexibility index (Phi) is 3.16. The van der Waals surface area contributed by atoms with E-state index in [0.717, 1.165) is 39.7 Å². The molecule has 0 saturated heterocycles. The topological polar surface area (TPSA) is 59.5 Å². The van der Waals surface area contributed by atoms with Gasteiger partial charge in [0.05, 0.1) is 23.9 Å². The fourth-order valence-electron chi connectivity index (χ4n) is 2.87. The number of fused-ring (bicyclic) bond motifs is 2. The van der Waals surface area contributed by atoms with Crippen LogP contribution in [-0.2, 0) is 6.42 Å². The first-order valence-corrected chi connectivity index (χ1v) is 7.51. The first kappa shape index (κ1) is 13.6. The summed E-state index contributed by atoms with van der Waals surface area (Å²) in [6.45, 7) is 3.14. The molecular formula is C18H15N3O2. The van der Waals surface area contributed by atoms with Gasteiger partial charge in [-0.25, -0.2) is 4.98 Å². The minimum atomic E-state index is 0.300. The SMILES string of the molecule is Cc1ccc2nc(-c3ccc4c(c3)OCCO4)c(CC#N)n2c1. The molecule has 0 unspecified atom stereocenters. The molecule has 0 amide bonds. The molecule has 0 spiro atoms. The normalized spacial score (nSPS) is 13.0. The van der Waals surface area contributed by atoms with Crippen molar-refractivity contribution in [1.29, 1.82) is 5.26 Å². The molecule has 2 aromatic heterocycles. The maximum atomic E-state index is 9.19. The molecule has 0 aliphatic carbocycles. The monoisotopic (exact) mass is 305 g/mol. The van der Waals surface area contributed by atoms with Crippen molar-refractivity contribution in [3.8, 4) is 28.8 Å². The van der Waals surface area contributed by atoms with Gasteiger partial charge >= 0.3 is 0 Å². The van der Waals surface area contributed by atoms with Crippen LogP contribution in [0.2, 0.25) is 0 Å². The maximum absolute atomic E-state index is 9.19. The zero-order valence-corrected chi connectivity index (χ0v) is 12.7. The molecule has 0 atom stereocenters. The minimum absolute atomic E-state index is 0.300. The van der Waals surface area contributed by atoms with Crippen molar-refractivity contribution in [3.63, 3.8) is 0 Å². The molecule has 0 N–H and O–H groups in total. The average molecular weight is 305 g/mol. The Hall–Kier alpha value is -3.00. The number of hydrogen-bond donors (Lipinski definition) is 0. The summed E-state index contributed by atoms with van der Waals surface area (Å²) in [6.07, 6.45) is 2.31. The lowest BCUT2D eigenvalue weighted by Gasteiger charge is -2.18. The fourth-order valence-corrected chi connectivity index (χ4v) is 2.87. The van der Waals surface area contributed by atoms with Gasteiger partial charge in [0.2, 0.25) is 0 Å². The third-order valence-corrected chi connectivity index (χ3v) is 3.93. The van der Waals surface area contributed by atoms with E-state index in [-0.39, 0.29) is 0 Å². The number of aryl methyl sites for hydroxylation is 1. The fraction of sp³-hybridized carbons (Fsp3) is 0.222. The highest BCUT2D eigenvalue weighted by molar-refractivity contribution is 5.70. The van der Waals surface area contributed by atoms with Crippen LogP contribution in [0.3, 0.4) is 0 Å². The van der Waals surface area contributed by atoms with Gasteiger partial charge in [0.1, 0.15) is 18.9 Å². The van der Waals surface area contributed by atoms with Crippen LogP contribution in [0.15, 0.2) is 36.5 Å². The molecule has 23 heavy (non-hydrogen) atoms. The molecule has 0 bridgehead atoms. The number of hydrogen-bond acceptors (Lipinski definition) is 4. The molecule has 1 aliphatic heterocycles. The van der Waals surface area contributed by atoms with Crippen LogP contribution >= 0.6 is 0 Å². The average Bonchev–Trinajstić information content (AvgIpc) is 2.93. The van der Waals surface area contributed by atoms with Crippen LogP contribution in [0.1, 0.15) is 11.3 Å². The van der Waals surface area contributed by atoms with Crippen LogP contribution in [0.5, 0.6) is 11.5 Å². The summed E-state index contributed by atoms with van der Waals surface area (Å²) in [4.78, 5) is 4.71. The van der Waals surface area contributed by atoms with Gasteiger partial charge in [-0.1, -0.05) is 6.07 Å². The highest BCUT2D eigenvalue weighted by Gasteiger charge is 2.17. The zero-order chi connectivity index (χ0) is 15.8. The Labute approximate surface area is 133 Å². The van der Waals surface area contributed by atoms with E-state index >= 15 is 0 Å². The summed E-state index contributed by atoms with van der Waals surface area (Å²) in [5, 5.41) is 9.19. The maximum Gasteiger partial charge on any atom is 0.162 e. The van der Waals surface area contributed by atoms with Crippen LogP contribution in [0.25, 0.3) is 16.9 Å². The highest BCUT2D eigenvalue weighted by atomic mass is 16.6. The van der Waals surface area contributed by atoms with Crippen LogP contribution in [-0.4, -0.2) is 22.6 Å². The van der Waals surface area contributed by atoms with Gasteiger partial charge < -0.3 is 13.9 Å². The standard InChI is InChI=1S/C18H15N3O2/c1-12-2-5-17-20-18(14(6-7-19)21(17)11-12)13-3-4-15-16(10-13)23-9-8-22-15/h2-5,10-11H,6,8-9H2,1H3. The van der Waals surface area contributed by atoms with Crippen molar-refractivity contribution in [3.05, 3.63) is 47.8 Å². The predicted octanol–water partition coefficient (Wildman–Crippen LogP) is 3.15. The van der Waals surface area contributed by atoms with Gasteiger partial charge in [0.15, 0.2) is 11.5 Å². The Morgan fingerprint density at radius 3 is 2.83 bits per heavy atom. The molecule has 0 radical (unpaired) electrons. The third kappa shape index (κ3) is 2.29. The summed E-state index contributed by atoms with van der Waals surface area (Å²) < 4.78 is 13.2. The van der Waals surface area contributed by atoms with Gasteiger partial charge in [0.25, 0.3) is 0 Å². The van der Waals surface area contributed by atoms with Gasteiger partial charge in [-0.15, -0.1) is 0 Å². The molecule has 1 aliphatic rings. The molecule has 114 valence electrons. The zero-order valence-electron chi connectivity index (χ0n) is 12.7. The van der Waals surface area contributed by atoms with Crippen molar-refractivity contribution < 1.29 is 9.47 Å². The second kappa shape index (κ2) is 5.33. The van der Waals surface area contributed by atoms with E-state index in [1.165, 1.54) is 0 Å². The molecule has 5 heteroatoms. The van der Waals surface area contributed by atoms with Crippen molar-refractivity contribution >= 4 is 5.65 Å². The molecule has 5 nitrogen and oxygen atoms in total. The van der Waals surface area contributed by atoms with Crippen LogP contribution in [0.4, 0.5) is 0 Å². The number of pyridine rings is 1. The third-order valence-electron chi connectivity index (χ3n) is 3.93. The number of nitrogens with zero attached hydrogens (tertiary/aromatic N) is 3. The van der Waals surface area contributed by atoms with Crippen molar-refractivity contribution in [2.75, 3.05) is 13.2 Å². The number of ether oxygens (including phenoxy) is 2. The lowest BCUT2D eigenvalue weighted by Crippen LogP contribution is -2.15. The van der Waals surface area contributed by atoms with Gasteiger partial charge in [-0.2, -0.15) is 5.26 Å². The lowest BCUT2D eigenvalue weighted by molar-refractivity contribution is 0.171. The smallest absolute Gasteiger partial charge is 0.162 e. The quantitative estimate of drug-likeness (QED) is 0.730. The second-order valence-corrected chi connectivity index (χ2v) is 5.54. The predicted molar refractivity (Wildman–Crippen MR) is 85.7 cm³/mol. The number of nitriles is 1. The Bertz CT molecular complexity index is 937. The van der Waals surface area contributed by atoms with Crippen molar-refractivity contribution in [1.82, 2.24) is 9.38 Å². The summed E-state index contributed by atoms with van der Waals surface area (Å²) in [5.41, 5.74) is 4.60. The molecule has 0 fully saturated rings. The van der Waals surface area contributed by atoms with E-state index in [1.807, 2.05) is 47.9 Å². The van der Waals surface area contributed by atoms with E-state index in [9.17, 15) is 5.26 Å². The molecular weight excluding hydrogens is 290 g/mol. The van der Waals surface area contributed by atoms with E-state index in [2.05, 4.69) is 6.07 Å². The van der Waals surface area contributed by atoms with Gasteiger partial charge in [-0.3, -0.25) is 0 Å². The van der Waals surface area contributed by atoms with Crippen LogP contribution in [0, 0.1) is 18.3 Å². The van der Waals surface area contributed by atoms with E-state index < -0.39 is 0 Å². The van der Waals surface area contributed by atoms with Crippen molar-refractivity contribution in [2.24, 2.45) is 0 Å². The van der Waals surface area contributed by atoms with E-state index in [4.69, 9.17) is 14.5 Å².